The highest BCUT2D eigenvalue weighted by Crippen LogP contribution is 2.17. The van der Waals surface area contributed by atoms with Crippen molar-refractivity contribution in [1.29, 1.82) is 0 Å². The van der Waals surface area contributed by atoms with Gasteiger partial charge in [-0.3, -0.25) is 0 Å². The second-order valence-electron chi connectivity index (χ2n) is 5.56. The van der Waals surface area contributed by atoms with Crippen LogP contribution in [-0.2, 0) is 17.8 Å². The van der Waals surface area contributed by atoms with Gasteiger partial charge < -0.3 is 9.84 Å². The Morgan fingerprint density at radius 3 is 2.21 bits per heavy atom. The lowest BCUT2D eigenvalue weighted by molar-refractivity contribution is 0.0471. The lowest BCUT2D eigenvalue weighted by atomic mass is 10.00. The number of hydrogen-bond acceptors (Lipinski definition) is 3. The normalized spacial score (nSPS) is 10.3. The summed E-state index contributed by atoms with van der Waals surface area (Å²) in [6.45, 7) is 0.179. The van der Waals surface area contributed by atoms with Gasteiger partial charge in [-0.1, -0.05) is 60.7 Å². The van der Waals surface area contributed by atoms with Crippen LogP contribution < -0.4 is 0 Å². The summed E-state index contributed by atoms with van der Waals surface area (Å²) >= 11 is 0. The van der Waals surface area contributed by atoms with Gasteiger partial charge in [-0.2, -0.15) is 0 Å². The first-order chi connectivity index (χ1) is 11.7. The summed E-state index contributed by atoms with van der Waals surface area (Å²) in [4.78, 5) is 12.4. The van der Waals surface area contributed by atoms with Gasteiger partial charge in [0.1, 0.15) is 12.4 Å². The molecule has 24 heavy (non-hydrogen) atoms. The van der Waals surface area contributed by atoms with Crippen LogP contribution in [0.2, 0.25) is 0 Å². The van der Waals surface area contributed by atoms with Crippen LogP contribution in [0.1, 0.15) is 27.0 Å². The number of carbonyl (C=O) groups is 1. The third-order valence-electron chi connectivity index (χ3n) is 3.78. The van der Waals surface area contributed by atoms with Gasteiger partial charge in [0, 0.05) is 0 Å². The van der Waals surface area contributed by atoms with Gasteiger partial charge >= 0.3 is 5.97 Å². The van der Waals surface area contributed by atoms with Crippen molar-refractivity contribution in [3.05, 3.63) is 101 Å². The Balaban J connectivity index is 1.71. The van der Waals surface area contributed by atoms with Crippen molar-refractivity contribution in [2.24, 2.45) is 0 Å². The van der Waals surface area contributed by atoms with Crippen molar-refractivity contribution < 1.29 is 14.6 Å². The first kappa shape index (κ1) is 15.8. The highest BCUT2D eigenvalue weighted by Gasteiger charge is 2.12. The Kier molecular flexibility index (Phi) is 4.92. The van der Waals surface area contributed by atoms with Gasteiger partial charge in [0.2, 0.25) is 0 Å². The third-order valence-corrected chi connectivity index (χ3v) is 3.78. The van der Waals surface area contributed by atoms with E-state index in [0.29, 0.717) is 12.0 Å². The molecule has 0 heterocycles. The van der Waals surface area contributed by atoms with Crippen LogP contribution in [0.4, 0.5) is 0 Å². The maximum absolute atomic E-state index is 12.4. The molecule has 3 aromatic rings. The van der Waals surface area contributed by atoms with Crippen LogP contribution >= 0.6 is 0 Å². The molecule has 0 aliphatic carbocycles. The van der Waals surface area contributed by atoms with Crippen LogP contribution in [0.25, 0.3) is 0 Å². The standard InChI is InChI=1S/C21H18O3/c22-19-12-10-17(11-13-19)15-24-21(23)20-9-5-4-8-18(20)14-16-6-2-1-3-7-16/h1-13,22H,14-15H2. The number of benzene rings is 3. The van der Waals surface area contributed by atoms with Crippen molar-refractivity contribution in [3.63, 3.8) is 0 Å². The van der Waals surface area contributed by atoms with Crippen molar-refractivity contribution in [2.75, 3.05) is 0 Å². The van der Waals surface area contributed by atoms with E-state index in [9.17, 15) is 9.90 Å². The van der Waals surface area contributed by atoms with E-state index in [1.165, 1.54) is 0 Å². The van der Waals surface area contributed by atoms with Gasteiger partial charge in [-0.25, -0.2) is 4.79 Å². The molecular weight excluding hydrogens is 300 g/mol. The lowest BCUT2D eigenvalue weighted by Crippen LogP contribution is -2.08. The predicted molar refractivity (Wildman–Crippen MR) is 92.9 cm³/mol. The average Bonchev–Trinajstić information content (AvgIpc) is 2.62. The van der Waals surface area contributed by atoms with Gasteiger partial charge in [-0.05, 0) is 41.3 Å². The molecule has 1 N–H and O–H groups in total. The Morgan fingerprint density at radius 2 is 1.46 bits per heavy atom. The summed E-state index contributed by atoms with van der Waals surface area (Å²) in [6, 6.07) is 24.2. The van der Waals surface area contributed by atoms with Crippen molar-refractivity contribution in [2.45, 2.75) is 13.0 Å². The molecular formula is C21H18O3. The SMILES string of the molecule is O=C(OCc1ccc(O)cc1)c1ccccc1Cc1ccccc1. The van der Waals surface area contributed by atoms with Gasteiger partial charge in [-0.15, -0.1) is 0 Å². The molecule has 0 aromatic heterocycles. The number of carbonyl (C=O) groups excluding carboxylic acids is 1. The molecule has 0 saturated carbocycles. The molecule has 0 amide bonds. The Morgan fingerprint density at radius 1 is 0.792 bits per heavy atom. The average molecular weight is 318 g/mol. The number of aromatic hydroxyl groups is 1. The largest absolute Gasteiger partial charge is 0.508 e. The van der Waals surface area contributed by atoms with E-state index in [-0.39, 0.29) is 18.3 Å². The molecule has 3 aromatic carbocycles. The number of hydrogen-bond donors (Lipinski definition) is 1. The fourth-order valence-electron chi connectivity index (χ4n) is 2.51. The molecule has 0 spiro atoms. The summed E-state index contributed by atoms with van der Waals surface area (Å²) in [5, 5.41) is 9.28. The number of phenols is 1. The van der Waals surface area contributed by atoms with Gasteiger partial charge in [0.05, 0.1) is 5.56 Å². The number of esters is 1. The summed E-state index contributed by atoms with van der Waals surface area (Å²) in [6.07, 6.45) is 0.686. The zero-order valence-corrected chi connectivity index (χ0v) is 13.2. The molecule has 120 valence electrons. The number of phenolic OH excluding ortho intramolecular Hbond substituents is 1. The van der Waals surface area contributed by atoms with Gasteiger partial charge in [0.25, 0.3) is 0 Å². The van der Waals surface area contributed by atoms with E-state index in [4.69, 9.17) is 4.74 Å². The highest BCUT2D eigenvalue weighted by molar-refractivity contribution is 5.91. The van der Waals surface area contributed by atoms with Crippen LogP contribution in [0.3, 0.4) is 0 Å². The molecule has 0 aliphatic heterocycles. The third kappa shape index (κ3) is 4.02. The van der Waals surface area contributed by atoms with E-state index in [1.807, 2.05) is 48.5 Å². The molecule has 3 rings (SSSR count). The second-order valence-corrected chi connectivity index (χ2v) is 5.56. The monoisotopic (exact) mass is 318 g/mol. The van der Waals surface area contributed by atoms with Gasteiger partial charge in [0.15, 0.2) is 0 Å². The first-order valence-corrected chi connectivity index (χ1v) is 7.79. The smallest absolute Gasteiger partial charge is 0.338 e. The maximum Gasteiger partial charge on any atom is 0.338 e. The topological polar surface area (TPSA) is 46.5 Å². The van der Waals surface area contributed by atoms with Crippen LogP contribution in [0.5, 0.6) is 5.75 Å². The first-order valence-electron chi connectivity index (χ1n) is 7.79. The molecule has 0 saturated heterocycles. The van der Waals surface area contributed by atoms with Crippen molar-refractivity contribution in [1.82, 2.24) is 0 Å². The van der Waals surface area contributed by atoms with Crippen molar-refractivity contribution >= 4 is 5.97 Å². The summed E-state index contributed by atoms with van der Waals surface area (Å²) < 4.78 is 5.41. The minimum Gasteiger partial charge on any atom is -0.508 e. The van der Waals surface area contributed by atoms with Crippen LogP contribution in [-0.4, -0.2) is 11.1 Å². The van der Waals surface area contributed by atoms with E-state index in [2.05, 4.69) is 0 Å². The molecule has 0 aliphatic rings. The van der Waals surface area contributed by atoms with Crippen LogP contribution in [0.15, 0.2) is 78.9 Å². The predicted octanol–water partition coefficient (Wildman–Crippen LogP) is 4.34. The molecule has 3 nitrogen and oxygen atoms in total. The maximum atomic E-state index is 12.4. The Bertz CT molecular complexity index is 808. The van der Waals surface area contributed by atoms with E-state index in [0.717, 1.165) is 16.7 Å². The summed E-state index contributed by atoms with van der Waals surface area (Å²) in [5.74, 6) is -0.145. The highest BCUT2D eigenvalue weighted by atomic mass is 16.5. The van der Waals surface area contributed by atoms with E-state index < -0.39 is 0 Å². The second kappa shape index (κ2) is 7.47. The number of rotatable bonds is 5. The zero-order chi connectivity index (χ0) is 16.8. The van der Waals surface area contributed by atoms with Crippen LogP contribution in [0, 0.1) is 0 Å². The Labute approximate surface area is 141 Å². The van der Waals surface area contributed by atoms with E-state index in [1.54, 1.807) is 30.3 Å². The lowest BCUT2D eigenvalue weighted by Gasteiger charge is -2.10. The molecule has 0 unspecified atom stereocenters. The molecule has 3 heteroatoms. The zero-order valence-electron chi connectivity index (χ0n) is 13.2. The molecule has 0 radical (unpaired) electrons. The minimum absolute atomic E-state index is 0.179. The minimum atomic E-state index is -0.338. The van der Waals surface area contributed by atoms with E-state index >= 15 is 0 Å². The number of ether oxygens (including phenoxy) is 1. The Hall–Kier alpha value is -3.07. The molecule has 0 atom stereocenters. The summed E-state index contributed by atoms with van der Waals surface area (Å²) in [7, 11) is 0. The molecule has 0 bridgehead atoms. The molecule has 0 fully saturated rings. The summed E-state index contributed by atoms with van der Waals surface area (Å²) in [5.41, 5.74) is 3.51. The fourth-order valence-corrected chi connectivity index (χ4v) is 2.51. The quantitative estimate of drug-likeness (QED) is 0.712. The van der Waals surface area contributed by atoms with Crippen molar-refractivity contribution in [3.8, 4) is 5.75 Å². The fraction of sp³-hybridized carbons (Fsp3) is 0.0952.